The monoisotopic (exact) mass is 143 g/mol. The van der Waals surface area contributed by atoms with Crippen molar-refractivity contribution in [2.24, 2.45) is 5.92 Å². The van der Waals surface area contributed by atoms with Crippen molar-refractivity contribution < 1.29 is 0 Å². The topological polar surface area (TPSA) is 12.0 Å². The van der Waals surface area contributed by atoms with E-state index in [4.69, 9.17) is 0 Å². The predicted octanol–water partition coefficient (Wildman–Crippen LogP) is 2.42. The Morgan fingerprint density at radius 3 is 2.10 bits per heavy atom. The molecule has 1 N–H and O–H groups in total. The molecule has 0 amide bonds. The molecule has 1 aliphatic rings. The highest BCUT2D eigenvalue weighted by Crippen LogP contribution is 2.13. The Kier molecular flexibility index (Phi) is 5.70. The van der Waals surface area contributed by atoms with Crippen LogP contribution in [-0.4, -0.2) is 12.6 Å². The number of hydrogen-bond donors (Lipinski definition) is 1. The Bertz CT molecular complexity index is 61.1. The minimum atomic E-state index is 0.753. The smallest absolute Gasteiger partial charge is 0.00643 e. The summed E-state index contributed by atoms with van der Waals surface area (Å²) in [6.07, 6.45) is 2.78. The molecule has 1 heteroatoms. The molecule has 10 heavy (non-hydrogen) atoms. The molecular weight excluding hydrogens is 122 g/mol. The molecule has 1 rings (SSSR count). The van der Waals surface area contributed by atoms with Gasteiger partial charge in [0.25, 0.3) is 0 Å². The average molecular weight is 143 g/mol. The van der Waals surface area contributed by atoms with Crippen molar-refractivity contribution in [3.63, 3.8) is 0 Å². The minimum Gasteiger partial charge on any atom is -0.314 e. The van der Waals surface area contributed by atoms with E-state index < -0.39 is 0 Å². The van der Waals surface area contributed by atoms with E-state index in [1.54, 1.807) is 0 Å². The van der Waals surface area contributed by atoms with Crippen LogP contribution in [-0.2, 0) is 0 Å². The van der Waals surface area contributed by atoms with Gasteiger partial charge in [0, 0.05) is 6.04 Å². The van der Waals surface area contributed by atoms with Gasteiger partial charge in [0.1, 0.15) is 0 Å². The minimum absolute atomic E-state index is 0.753. The first-order valence-electron chi connectivity index (χ1n) is 4.54. The van der Waals surface area contributed by atoms with Crippen LogP contribution >= 0.6 is 0 Å². The quantitative estimate of drug-likeness (QED) is 0.549. The first kappa shape index (κ1) is 9.96. The zero-order valence-electron chi connectivity index (χ0n) is 7.78. The van der Waals surface area contributed by atoms with Gasteiger partial charge in [-0.1, -0.05) is 20.8 Å². The molecule has 1 aliphatic heterocycles. The van der Waals surface area contributed by atoms with E-state index >= 15 is 0 Å². The summed E-state index contributed by atoms with van der Waals surface area (Å²) in [5.74, 6) is 0.892. The molecule has 0 aromatic rings. The van der Waals surface area contributed by atoms with Gasteiger partial charge in [-0.2, -0.15) is 0 Å². The largest absolute Gasteiger partial charge is 0.314 e. The summed E-state index contributed by atoms with van der Waals surface area (Å²) < 4.78 is 0. The highest BCUT2D eigenvalue weighted by atomic mass is 14.9. The highest BCUT2D eigenvalue weighted by molar-refractivity contribution is 4.73. The molecule has 1 saturated heterocycles. The molecule has 1 nitrogen and oxygen atoms in total. The number of rotatable bonds is 0. The first-order chi connectivity index (χ1) is 4.80. The van der Waals surface area contributed by atoms with E-state index in [2.05, 4.69) is 19.2 Å². The second-order valence-corrected chi connectivity index (χ2v) is 2.86. The number of piperidine rings is 1. The van der Waals surface area contributed by atoms with Gasteiger partial charge in [-0.25, -0.2) is 0 Å². The van der Waals surface area contributed by atoms with Gasteiger partial charge in [-0.15, -0.1) is 0 Å². The summed E-state index contributed by atoms with van der Waals surface area (Å²) in [4.78, 5) is 0. The van der Waals surface area contributed by atoms with Crippen LogP contribution in [0, 0.1) is 5.92 Å². The van der Waals surface area contributed by atoms with E-state index in [1.807, 2.05) is 13.8 Å². The third kappa shape index (κ3) is 3.21. The van der Waals surface area contributed by atoms with Crippen LogP contribution in [0.2, 0.25) is 0 Å². The van der Waals surface area contributed by atoms with Crippen LogP contribution in [0.3, 0.4) is 0 Å². The Hall–Kier alpha value is -0.0400. The fraction of sp³-hybridized carbons (Fsp3) is 1.00. The van der Waals surface area contributed by atoms with E-state index in [1.165, 1.54) is 19.4 Å². The summed E-state index contributed by atoms with van der Waals surface area (Å²) in [5, 5.41) is 3.43. The molecular formula is C9H21N. The summed E-state index contributed by atoms with van der Waals surface area (Å²) in [5.41, 5.74) is 0. The standard InChI is InChI=1S/C7H15N.C2H6/c1-6-4-3-5-8-7(6)2;1-2/h6-8H,3-5H2,1-2H3;1-2H3/t6-,7-;/m0./s1. The van der Waals surface area contributed by atoms with Gasteiger partial charge >= 0.3 is 0 Å². The molecule has 0 radical (unpaired) electrons. The summed E-state index contributed by atoms with van der Waals surface area (Å²) in [6, 6.07) is 0.753. The Morgan fingerprint density at radius 1 is 1.20 bits per heavy atom. The zero-order chi connectivity index (χ0) is 7.98. The van der Waals surface area contributed by atoms with Crippen molar-refractivity contribution in [2.75, 3.05) is 6.54 Å². The molecule has 1 fully saturated rings. The second kappa shape index (κ2) is 5.72. The van der Waals surface area contributed by atoms with Crippen molar-refractivity contribution in [2.45, 2.75) is 46.6 Å². The third-order valence-corrected chi connectivity index (χ3v) is 2.16. The van der Waals surface area contributed by atoms with Crippen LogP contribution in [0.15, 0.2) is 0 Å². The molecule has 1 heterocycles. The van der Waals surface area contributed by atoms with Crippen molar-refractivity contribution in [3.8, 4) is 0 Å². The van der Waals surface area contributed by atoms with Gasteiger partial charge in [-0.3, -0.25) is 0 Å². The van der Waals surface area contributed by atoms with Crippen LogP contribution in [0.4, 0.5) is 0 Å². The fourth-order valence-electron chi connectivity index (χ4n) is 1.20. The lowest BCUT2D eigenvalue weighted by Gasteiger charge is -2.26. The zero-order valence-corrected chi connectivity index (χ0v) is 7.78. The van der Waals surface area contributed by atoms with Gasteiger partial charge < -0.3 is 5.32 Å². The molecule has 0 aliphatic carbocycles. The maximum Gasteiger partial charge on any atom is 0.00643 e. The second-order valence-electron chi connectivity index (χ2n) is 2.86. The Balaban J connectivity index is 0.000000371. The predicted molar refractivity (Wildman–Crippen MR) is 47.2 cm³/mol. The summed E-state index contributed by atoms with van der Waals surface area (Å²) in [7, 11) is 0. The van der Waals surface area contributed by atoms with Crippen molar-refractivity contribution in [3.05, 3.63) is 0 Å². The van der Waals surface area contributed by atoms with Crippen molar-refractivity contribution in [1.82, 2.24) is 5.32 Å². The molecule has 2 atom stereocenters. The fourth-order valence-corrected chi connectivity index (χ4v) is 1.20. The molecule has 0 spiro atoms. The molecule has 0 aromatic heterocycles. The highest BCUT2D eigenvalue weighted by Gasteiger charge is 2.14. The number of hydrogen-bond acceptors (Lipinski definition) is 1. The van der Waals surface area contributed by atoms with E-state index in [-0.39, 0.29) is 0 Å². The summed E-state index contributed by atoms with van der Waals surface area (Å²) >= 11 is 0. The first-order valence-corrected chi connectivity index (χ1v) is 4.54. The normalized spacial score (nSPS) is 32.4. The maximum atomic E-state index is 3.43. The third-order valence-electron chi connectivity index (χ3n) is 2.16. The van der Waals surface area contributed by atoms with Crippen molar-refractivity contribution >= 4 is 0 Å². The molecule has 0 aromatic carbocycles. The Labute approximate surface area is 65.2 Å². The molecule has 0 saturated carbocycles. The van der Waals surface area contributed by atoms with Gasteiger partial charge in [0.2, 0.25) is 0 Å². The van der Waals surface area contributed by atoms with Gasteiger partial charge in [0.05, 0.1) is 0 Å². The van der Waals surface area contributed by atoms with Gasteiger partial charge in [-0.05, 0) is 32.2 Å². The maximum absolute atomic E-state index is 3.43. The number of nitrogens with one attached hydrogen (secondary N) is 1. The van der Waals surface area contributed by atoms with Crippen LogP contribution in [0.1, 0.15) is 40.5 Å². The van der Waals surface area contributed by atoms with E-state index in [0.29, 0.717) is 0 Å². The lowest BCUT2D eigenvalue weighted by Crippen LogP contribution is -2.37. The van der Waals surface area contributed by atoms with Crippen LogP contribution in [0.5, 0.6) is 0 Å². The van der Waals surface area contributed by atoms with Crippen LogP contribution < -0.4 is 5.32 Å². The average Bonchev–Trinajstić information content (AvgIpc) is 2.00. The Morgan fingerprint density at radius 2 is 1.80 bits per heavy atom. The molecule has 0 unspecified atom stereocenters. The van der Waals surface area contributed by atoms with E-state index in [0.717, 1.165) is 12.0 Å². The van der Waals surface area contributed by atoms with Gasteiger partial charge in [0.15, 0.2) is 0 Å². The van der Waals surface area contributed by atoms with Crippen molar-refractivity contribution in [1.29, 1.82) is 0 Å². The van der Waals surface area contributed by atoms with Crippen LogP contribution in [0.25, 0.3) is 0 Å². The molecule has 0 bridgehead atoms. The lowest BCUT2D eigenvalue weighted by atomic mass is 9.94. The molecule has 62 valence electrons. The lowest BCUT2D eigenvalue weighted by molar-refractivity contribution is 0.319. The SMILES string of the molecule is CC.C[C@@H]1NCCC[C@@H]1C. The van der Waals surface area contributed by atoms with E-state index in [9.17, 15) is 0 Å². The summed E-state index contributed by atoms with van der Waals surface area (Å²) in [6.45, 7) is 9.81.